The van der Waals surface area contributed by atoms with E-state index in [-0.39, 0.29) is 23.4 Å². The Hall–Kier alpha value is -3.44. The molecular weight excluding hydrogens is 471 g/mol. The van der Waals surface area contributed by atoms with E-state index in [1.165, 1.54) is 23.9 Å². The van der Waals surface area contributed by atoms with E-state index in [0.29, 0.717) is 55.2 Å². The second-order valence-corrected chi connectivity index (χ2v) is 9.17. The molecule has 0 aliphatic carbocycles. The number of aromatic nitrogens is 3. The Morgan fingerprint density at radius 2 is 1.86 bits per heavy atom. The number of nitrogens with zero attached hydrogens (tertiary/aromatic N) is 5. The summed E-state index contributed by atoms with van der Waals surface area (Å²) in [7, 11) is 0. The number of nitrogens with one attached hydrogen (secondary N) is 1. The maximum absolute atomic E-state index is 14.0. The number of carbonyl (C=O) groups is 2. The first kappa shape index (κ1) is 23.3. The lowest BCUT2D eigenvalue weighted by molar-refractivity contribution is -0.117. The number of hydrogen-bond donors (Lipinski definition) is 1. The minimum Gasteiger partial charge on any atom is -0.378 e. The van der Waals surface area contributed by atoms with E-state index >= 15 is 0 Å². The summed E-state index contributed by atoms with van der Waals surface area (Å²) in [4.78, 5) is 28.4. The van der Waals surface area contributed by atoms with E-state index < -0.39 is 0 Å². The number of hydrogen-bond acceptors (Lipinski definition) is 7. The summed E-state index contributed by atoms with van der Waals surface area (Å²) >= 11 is 1.23. The monoisotopic (exact) mass is 496 g/mol. The second-order valence-electron chi connectivity index (χ2n) is 8.23. The van der Waals surface area contributed by atoms with Crippen molar-refractivity contribution >= 4 is 40.9 Å². The Bertz CT molecular complexity index is 1210. The summed E-state index contributed by atoms with van der Waals surface area (Å²) in [5, 5.41) is 12.0. The van der Waals surface area contributed by atoms with E-state index in [4.69, 9.17) is 4.74 Å². The Balaban J connectivity index is 1.28. The van der Waals surface area contributed by atoms with Gasteiger partial charge in [0.05, 0.1) is 24.7 Å². The average molecular weight is 497 g/mol. The van der Waals surface area contributed by atoms with Crippen molar-refractivity contribution in [1.82, 2.24) is 14.8 Å². The summed E-state index contributed by atoms with van der Waals surface area (Å²) in [6.45, 7) is 3.17. The van der Waals surface area contributed by atoms with Crippen LogP contribution in [-0.2, 0) is 14.3 Å². The standard InChI is InChI=1S/C24H25FN6O3S/c25-17-3-1-4-20(15-17)31-23(29-11-13-34-14-12-29)27-28-24(31)35-16-21(32)26-18-6-8-19(9-7-18)30-10-2-5-22(30)33/h1,3-4,6-9,15H,2,5,10-14,16H2,(H,26,32). The van der Waals surface area contributed by atoms with Gasteiger partial charge >= 0.3 is 0 Å². The first-order valence-corrected chi connectivity index (χ1v) is 12.4. The lowest BCUT2D eigenvalue weighted by atomic mass is 10.2. The molecule has 3 heterocycles. The average Bonchev–Trinajstić information content (AvgIpc) is 3.50. The van der Waals surface area contributed by atoms with Crippen molar-refractivity contribution in [2.24, 2.45) is 0 Å². The van der Waals surface area contributed by atoms with Crippen LogP contribution in [0.5, 0.6) is 0 Å². The molecule has 11 heteroatoms. The summed E-state index contributed by atoms with van der Waals surface area (Å²) in [5.41, 5.74) is 2.07. The Kier molecular flexibility index (Phi) is 6.96. The number of benzene rings is 2. The predicted molar refractivity (Wildman–Crippen MR) is 132 cm³/mol. The first-order chi connectivity index (χ1) is 17.1. The molecule has 2 aromatic carbocycles. The zero-order chi connectivity index (χ0) is 24.2. The number of halogens is 1. The number of carbonyl (C=O) groups excluding carboxylic acids is 2. The number of rotatable bonds is 7. The molecule has 0 unspecified atom stereocenters. The van der Waals surface area contributed by atoms with Gasteiger partial charge in [-0.1, -0.05) is 17.8 Å². The highest BCUT2D eigenvalue weighted by molar-refractivity contribution is 7.99. The zero-order valence-electron chi connectivity index (χ0n) is 19.0. The van der Waals surface area contributed by atoms with Gasteiger partial charge in [0.1, 0.15) is 5.82 Å². The Morgan fingerprint density at radius 1 is 1.06 bits per heavy atom. The van der Waals surface area contributed by atoms with E-state index in [1.807, 2.05) is 17.0 Å². The van der Waals surface area contributed by atoms with Crippen molar-refractivity contribution in [3.63, 3.8) is 0 Å². The largest absolute Gasteiger partial charge is 0.378 e. The van der Waals surface area contributed by atoms with Crippen LogP contribution in [0.15, 0.2) is 53.7 Å². The summed E-state index contributed by atoms with van der Waals surface area (Å²) in [6.07, 6.45) is 1.44. The molecule has 0 atom stereocenters. The molecule has 2 saturated heterocycles. The van der Waals surface area contributed by atoms with Crippen molar-refractivity contribution in [2.45, 2.75) is 18.0 Å². The SMILES string of the molecule is O=C(CSc1nnc(N2CCOCC2)n1-c1cccc(F)c1)Nc1ccc(N2CCCC2=O)cc1. The molecule has 182 valence electrons. The smallest absolute Gasteiger partial charge is 0.234 e. The van der Waals surface area contributed by atoms with E-state index in [2.05, 4.69) is 15.5 Å². The van der Waals surface area contributed by atoms with Crippen LogP contribution in [0.25, 0.3) is 5.69 Å². The summed E-state index contributed by atoms with van der Waals surface area (Å²) in [6, 6.07) is 13.5. The molecule has 0 saturated carbocycles. The van der Waals surface area contributed by atoms with Gasteiger partial charge in [-0.3, -0.25) is 14.2 Å². The lowest BCUT2D eigenvalue weighted by Crippen LogP contribution is -2.37. The molecule has 1 aromatic heterocycles. The lowest BCUT2D eigenvalue weighted by Gasteiger charge is -2.27. The van der Waals surface area contributed by atoms with Crippen LogP contribution in [0.2, 0.25) is 0 Å². The minimum absolute atomic E-state index is 0.100. The quantitative estimate of drug-likeness (QED) is 0.503. The third-order valence-electron chi connectivity index (χ3n) is 5.85. The maximum atomic E-state index is 14.0. The molecule has 3 aromatic rings. The molecule has 2 amide bonds. The maximum Gasteiger partial charge on any atom is 0.234 e. The predicted octanol–water partition coefficient (Wildman–Crippen LogP) is 3.10. The summed E-state index contributed by atoms with van der Waals surface area (Å²) < 4.78 is 21.2. The van der Waals surface area contributed by atoms with Gasteiger partial charge in [0.2, 0.25) is 17.8 Å². The highest BCUT2D eigenvalue weighted by atomic mass is 32.2. The van der Waals surface area contributed by atoms with Gasteiger partial charge in [0, 0.05) is 37.4 Å². The van der Waals surface area contributed by atoms with Gasteiger partial charge in [-0.2, -0.15) is 0 Å². The third-order valence-corrected chi connectivity index (χ3v) is 6.77. The van der Waals surface area contributed by atoms with Crippen LogP contribution in [0.3, 0.4) is 0 Å². The molecule has 0 spiro atoms. The molecule has 9 nitrogen and oxygen atoms in total. The van der Waals surface area contributed by atoms with Crippen molar-refractivity contribution < 1.29 is 18.7 Å². The van der Waals surface area contributed by atoms with Crippen molar-refractivity contribution in [3.8, 4) is 5.69 Å². The van der Waals surface area contributed by atoms with Gasteiger partial charge < -0.3 is 19.9 Å². The number of anilines is 3. The Labute approximate surface area is 206 Å². The molecule has 0 radical (unpaired) electrons. The molecule has 1 N–H and O–H groups in total. The highest BCUT2D eigenvalue weighted by Crippen LogP contribution is 2.28. The van der Waals surface area contributed by atoms with Crippen molar-refractivity contribution in [2.75, 3.05) is 53.7 Å². The van der Waals surface area contributed by atoms with Crippen LogP contribution in [-0.4, -0.2) is 65.2 Å². The summed E-state index contributed by atoms with van der Waals surface area (Å²) in [5.74, 6) is 0.243. The fraction of sp³-hybridized carbons (Fsp3) is 0.333. The van der Waals surface area contributed by atoms with E-state index in [9.17, 15) is 14.0 Å². The molecule has 0 bridgehead atoms. The molecule has 5 rings (SSSR count). The van der Waals surface area contributed by atoms with Gasteiger partial charge in [-0.25, -0.2) is 4.39 Å². The second kappa shape index (κ2) is 10.4. The fourth-order valence-electron chi connectivity index (χ4n) is 4.14. The normalized spacial score (nSPS) is 16.1. The number of ether oxygens (including phenoxy) is 1. The van der Waals surface area contributed by atoms with Crippen LogP contribution in [0.1, 0.15) is 12.8 Å². The number of morpholine rings is 1. The number of amides is 2. The highest BCUT2D eigenvalue weighted by Gasteiger charge is 2.23. The van der Waals surface area contributed by atoms with Crippen molar-refractivity contribution in [3.05, 3.63) is 54.3 Å². The minimum atomic E-state index is -0.364. The van der Waals surface area contributed by atoms with Gasteiger partial charge in [-0.15, -0.1) is 10.2 Å². The third kappa shape index (κ3) is 5.30. The molecular formula is C24H25FN6O3S. The van der Waals surface area contributed by atoms with Crippen LogP contribution >= 0.6 is 11.8 Å². The topological polar surface area (TPSA) is 92.6 Å². The fourth-order valence-corrected chi connectivity index (χ4v) is 4.89. The van der Waals surface area contributed by atoms with Gasteiger partial charge in [-0.05, 0) is 48.9 Å². The van der Waals surface area contributed by atoms with Gasteiger partial charge in [0.15, 0.2) is 5.16 Å². The van der Waals surface area contributed by atoms with E-state index in [1.54, 1.807) is 33.7 Å². The van der Waals surface area contributed by atoms with Crippen molar-refractivity contribution in [1.29, 1.82) is 0 Å². The van der Waals surface area contributed by atoms with Gasteiger partial charge in [0.25, 0.3) is 0 Å². The number of thioether (sulfide) groups is 1. The van der Waals surface area contributed by atoms with Crippen LogP contribution in [0, 0.1) is 5.82 Å². The Morgan fingerprint density at radius 3 is 2.57 bits per heavy atom. The van der Waals surface area contributed by atoms with E-state index in [0.717, 1.165) is 18.7 Å². The first-order valence-electron chi connectivity index (χ1n) is 11.5. The molecule has 2 fully saturated rings. The van der Waals surface area contributed by atoms with Crippen LogP contribution < -0.4 is 15.1 Å². The van der Waals surface area contributed by atoms with Crippen LogP contribution in [0.4, 0.5) is 21.7 Å². The molecule has 35 heavy (non-hydrogen) atoms. The molecule has 2 aliphatic heterocycles. The zero-order valence-corrected chi connectivity index (χ0v) is 19.8. The molecule has 2 aliphatic rings.